The van der Waals surface area contributed by atoms with Crippen LogP contribution in [-0.4, -0.2) is 47.6 Å². The lowest BCUT2D eigenvalue weighted by Crippen LogP contribution is -2.51. The van der Waals surface area contributed by atoms with E-state index in [1.165, 1.54) is 0 Å². The van der Waals surface area contributed by atoms with Crippen molar-refractivity contribution in [2.75, 3.05) is 20.1 Å². The second-order valence-electron chi connectivity index (χ2n) is 5.45. The van der Waals surface area contributed by atoms with Gasteiger partial charge in [0.05, 0.1) is 18.6 Å². The van der Waals surface area contributed by atoms with Crippen LogP contribution in [0.1, 0.15) is 32.1 Å². The third-order valence-corrected chi connectivity index (χ3v) is 3.57. The van der Waals surface area contributed by atoms with Gasteiger partial charge >= 0.3 is 0 Å². The maximum atomic E-state index is 11.9. The summed E-state index contributed by atoms with van der Waals surface area (Å²) in [6, 6.07) is 0. The van der Waals surface area contributed by atoms with Crippen molar-refractivity contribution in [1.82, 2.24) is 10.2 Å². The molecule has 1 unspecified atom stereocenters. The number of nitrogens with one attached hydrogen (secondary N) is 1. The van der Waals surface area contributed by atoms with Gasteiger partial charge in [-0.25, -0.2) is 0 Å². The Bertz CT molecular complexity index is 434. The third kappa shape index (κ3) is 3.97. The fraction of sp³-hybridized carbons (Fsp3) is 0.714. The van der Waals surface area contributed by atoms with Crippen LogP contribution in [0.2, 0.25) is 0 Å². The van der Waals surface area contributed by atoms with Gasteiger partial charge in [0.2, 0.25) is 5.91 Å². The maximum absolute atomic E-state index is 11.9. The van der Waals surface area contributed by atoms with Gasteiger partial charge < -0.3 is 15.3 Å². The van der Waals surface area contributed by atoms with E-state index in [-0.39, 0.29) is 24.8 Å². The highest BCUT2D eigenvalue weighted by Gasteiger charge is 2.36. The summed E-state index contributed by atoms with van der Waals surface area (Å²) in [6.45, 7) is 0.798. The molecule has 2 rings (SSSR count). The summed E-state index contributed by atoms with van der Waals surface area (Å²) in [4.78, 5) is 24.9. The topological polar surface area (TPSA) is 69.6 Å². The number of piperidine rings is 1. The van der Waals surface area contributed by atoms with E-state index in [1.54, 1.807) is 11.9 Å². The number of hydrogen-bond donors (Lipinski definition) is 2. The summed E-state index contributed by atoms with van der Waals surface area (Å²) in [6.07, 6.45) is 3.44. The van der Waals surface area contributed by atoms with E-state index < -0.39 is 5.60 Å². The Morgan fingerprint density at radius 3 is 2.84 bits per heavy atom. The zero-order valence-electron chi connectivity index (χ0n) is 11.2. The van der Waals surface area contributed by atoms with Crippen molar-refractivity contribution in [2.24, 2.45) is 5.92 Å². The van der Waals surface area contributed by atoms with Crippen molar-refractivity contribution in [3.8, 4) is 11.8 Å². The predicted molar refractivity (Wildman–Crippen MR) is 69.9 cm³/mol. The van der Waals surface area contributed by atoms with Crippen LogP contribution in [0.3, 0.4) is 0 Å². The van der Waals surface area contributed by atoms with Gasteiger partial charge in [-0.15, -0.1) is 0 Å². The molecule has 19 heavy (non-hydrogen) atoms. The van der Waals surface area contributed by atoms with Crippen molar-refractivity contribution < 1.29 is 14.7 Å². The molecule has 5 heteroatoms. The molecule has 1 atom stereocenters. The van der Waals surface area contributed by atoms with E-state index in [2.05, 4.69) is 17.2 Å². The Hall–Kier alpha value is -1.54. The van der Waals surface area contributed by atoms with Crippen molar-refractivity contribution >= 4 is 11.8 Å². The Morgan fingerprint density at radius 1 is 1.47 bits per heavy atom. The summed E-state index contributed by atoms with van der Waals surface area (Å²) in [5.74, 6) is 5.52. The van der Waals surface area contributed by atoms with Gasteiger partial charge in [-0.1, -0.05) is 5.92 Å². The quantitative estimate of drug-likeness (QED) is 0.684. The second kappa shape index (κ2) is 5.62. The first-order valence-corrected chi connectivity index (χ1v) is 6.76. The zero-order chi connectivity index (χ0) is 13.9. The van der Waals surface area contributed by atoms with Crippen LogP contribution in [0, 0.1) is 17.8 Å². The average molecular weight is 264 g/mol. The summed E-state index contributed by atoms with van der Waals surface area (Å²) < 4.78 is 0. The summed E-state index contributed by atoms with van der Waals surface area (Å²) in [5.41, 5.74) is -1.12. The SMILES string of the molecule is CNC(=O)CC1(O)CCCN(C(=O)C#CC2CC2)C1. The average Bonchev–Trinajstić information content (AvgIpc) is 3.19. The summed E-state index contributed by atoms with van der Waals surface area (Å²) in [7, 11) is 1.54. The molecule has 5 nitrogen and oxygen atoms in total. The van der Waals surface area contributed by atoms with E-state index in [0.717, 1.165) is 12.8 Å². The van der Waals surface area contributed by atoms with Gasteiger partial charge in [0.1, 0.15) is 0 Å². The molecule has 1 aliphatic heterocycles. The zero-order valence-corrected chi connectivity index (χ0v) is 11.2. The minimum absolute atomic E-state index is 0.0311. The molecule has 1 aliphatic carbocycles. The molecular weight excluding hydrogens is 244 g/mol. The molecule has 0 aromatic carbocycles. The molecule has 2 N–H and O–H groups in total. The highest BCUT2D eigenvalue weighted by molar-refractivity contribution is 5.93. The van der Waals surface area contributed by atoms with Crippen LogP contribution >= 0.6 is 0 Å². The normalized spacial score (nSPS) is 26.3. The van der Waals surface area contributed by atoms with E-state index in [0.29, 0.717) is 25.3 Å². The molecule has 104 valence electrons. The molecule has 1 saturated carbocycles. The maximum Gasteiger partial charge on any atom is 0.298 e. The van der Waals surface area contributed by atoms with Gasteiger partial charge in [0.25, 0.3) is 5.91 Å². The smallest absolute Gasteiger partial charge is 0.298 e. The number of amides is 2. The Morgan fingerprint density at radius 2 is 2.21 bits per heavy atom. The van der Waals surface area contributed by atoms with E-state index in [9.17, 15) is 14.7 Å². The molecule has 0 bridgehead atoms. The minimum atomic E-state index is -1.12. The van der Waals surface area contributed by atoms with Crippen LogP contribution < -0.4 is 5.32 Å². The summed E-state index contributed by atoms with van der Waals surface area (Å²) >= 11 is 0. The number of carbonyl (C=O) groups excluding carboxylic acids is 2. The largest absolute Gasteiger partial charge is 0.388 e. The Kier molecular flexibility index (Phi) is 4.11. The first-order chi connectivity index (χ1) is 9.02. The van der Waals surface area contributed by atoms with Gasteiger partial charge in [0, 0.05) is 19.5 Å². The third-order valence-electron chi connectivity index (χ3n) is 3.57. The van der Waals surface area contributed by atoms with Crippen LogP contribution in [0.15, 0.2) is 0 Å². The first-order valence-electron chi connectivity index (χ1n) is 6.76. The van der Waals surface area contributed by atoms with Crippen molar-refractivity contribution in [1.29, 1.82) is 0 Å². The van der Waals surface area contributed by atoms with E-state index in [4.69, 9.17) is 0 Å². The Balaban J connectivity index is 1.94. The minimum Gasteiger partial charge on any atom is -0.388 e. The highest BCUT2D eigenvalue weighted by Crippen LogP contribution is 2.28. The highest BCUT2D eigenvalue weighted by atomic mass is 16.3. The van der Waals surface area contributed by atoms with Gasteiger partial charge in [-0.05, 0) is 31.6 Å². The van der Waals surface area contributed by atoms with E-state index >= 15 is 0 Å². The van der Waals surface area contributed by atoms with Crippen molar-refractivity contribution in [2.45, 2.75) is 37.7 Å². The van der Waals surface area contributed by atoms with Gasteiger partial charge in [-0.3, -0.25) is 9.59 Å². The number of likely N-dealkylation sites (tertiary alicyclic amines) is 1. The number of nitrogens with zero attached hydrogens (tertiary/aromatic N) is 1. The lowest BCUT2D eigenvalue weighted by atomic mass is 9.89. The van der Waals surface area contributed by atoms with Gasteiger partial charge in [-0.2, -0.15) is 0 Å². The first kappa shape index (κ1) is 13.9. The number of β-amino-alcohol motifs (C(OH)–C–C–N with tert-alkyl or cyclic N) is 1. The van der Waals surface area contributed by atoms with Crippen LogP contribution in [0.5, 0.6) is 0 Å². The fourth-order valence-electron chi connectivity index (χ4n) is 2.29. The lowest BCUT2D eigenvalue weighted by molar-refractivity contribution is -0.137. The second-order valence-corrected chi connectivity index (χ2v) is 5.45. The van der Waals surface area contributed by atoms with Crippen LogP contribution in [0.4, 0.5) is 0 Å². The molecule has 1 saturated heterocycles. The fourth-order valence-corrected chi connectivity index (χ4v) is 2.29. The molecule has 2 fully saturated rings. The molecule has 0 aromatic heterocycles. The lowest BCUT2D eigenvalue weighted by Gasteiger charge is -2.37. The monoisotopic (exact) mass is 264 g/mol. The number of rotatable bonds is 2. The molecule has 0 radical (unpaired) electrons. The Labute approximate surface area is 113 Å². The number of hydrogen-bond acceptors (Lipinski definition) is 3. The molecule has 2 aliphatic rings. The van der Waals surface area contributed by atoms with Crippen LogP contribution in [-0.2, 0) is 9.59 Å². The standard InChI is InChI=1S/C14H20N2O3/c1-15-12(17)9-14(19)7-2-8-16(10-14)13(18)6-5-11-3-4-11/h11,19H,2-4,7-10H2,1H3,(H,15,17). The van der Waals surface area contributed by atoms with Crippen molar-refractivity contribution in [3.05, 3.63) is 0 Å². The van der Waals surface area contributed by atoms with Crippen molar-refractivity contribution in [3.63, 3.8) is 0 Å². The molecule has 1 heterocycles. The molecular formula is C14H20N2O3. The predicted octanol–water partition coefficient (Wildman–Crippen LogP) is -0.111. The molecule has 0 spiro atoms. The van der Waals surface area contributed by atoms with E-state index in [1.807, 2.05) is 0 Å². The summed E-state index contributed by atoms with van der Waals surface area (Å²) in [5, 5.41) is 12.9. The number of aliphatic hydroxyl groups is 1. The molecule has 0 aromatic rings. The van der Waals surface area contributed by atoms with Crippen LogP contribution in [0.25, 0.3) is 0 Å². The molecule has 2 amide bonds. The number of carbonyl (C=O) groups is 2. The van der Waals surface area contributed by atoms with Gasteiger partial charge in [0.15, 0.2) is 0 Å².